The minimum absolute atomic E-state index is 0.472. The molecule has 2 aromatic rings. The number of aromatic nitrogens is 2. The van der Waals surface area contributed by atoms with Gasteiger partial charge in [-0.3, -0.25) is 0 Å². The molecular formula is C10H10ClN3S. The highest BCUT2D eigenvalue weighted by Gasteiger charge is 2.02. The van der Waals surface area contributed by atoms with Crippen LogP contribution in [0.5, 0.6) is 0 Å². The molecular weight excluding hydrogens is 230 g/mol. The van der Waals surface area contributed by atoms with E-state index in [4.69, 9.17) is 11.6 Å². The lowest BCUT2D eigenvalue weighted by molar-refractivity contribution is 0.943. The van der Waals surface area contributed by atoms with Crippen LogP contribution in [0.15, 0.2) is 22.9 Å². The quantitative estimate of drug-likeness (QED) is 0.834. The van der Waals surface area contributed by atoms with E-state index in [-0.39, 0.29) is 0 Å². The van der Waals surface area contributed by atoms with Crippen LogP contribution in [0, 0.1) is 0 Å². The van der Waals surface area contributed by atoms with Gasteiger partial charge in [0.25, 0.3) is 0 Å². The summed E-state index contributed by atoms with van der Waals surface area (Å²) in [5.41, 5.74) is 1.02. The van der Waals surface area contributed by atoms with Crippen molar-refractivity contribution >= 4 is 34.4 Å². The summed E-state index contributed by atoms with van der Waals surface area (Å²) >= 11 is 7.51. The van der Waals surface area contributed by atoms with Gasteiger partial charge in [0.2, 0.25) is 0 Å². The molecule has 0 spiro atoms. The SMILES string of the molecule is CCc1nc(Cl)cc(Nc2ccsc2)n1. The van der Waals surface area contributed by atoms with E-state index in [0.717, 1.165) is 23.8 Å². The molecule has 0 unspecified atom stereocenters. The summed E-state index contributed by atoms with van der Waals surface area (Å²) in [5.74, 6) is 1.49. The molecule has 0 atom stereocenters. The molecule has 0 fully saturated rings. The molecule has 5 heteroatoms. The maximum Gasteiger partial charge on any atom is 0.135 e. The standard InChI is InChI=1S/C10H10ClN3S/c1-2-9-13-8(11)5-10(14-9)12-7-3-4-15-6-7/h3-6H,2H2,1H3,(H,12,13,14). The summed E-state index contributed by atoms with van der Waals surface area (Å²) < 4.78 is 0. The van der Waals surface area contributed by atoms with Gasteiger partial charge < -0.3 is 5.32 Å². The zero-order valence-corrected chi connectivity index (χ0v) is 9.77. The molecule has 0 aliphatic rings. The molecule has 78 valence electrons. The third kappa shape index (κ3) is 2.67. The van der Waals surface area contributed by atoms with E-state index in [1.54, 1.807) is 17.4 Å². The van der Waals surface area contributed by atoms with E-state index in [1.807, 2.05) is 23.8 Å². The first-order chi connectivity index (χ1) is 7.28. The van der Waals surface area contributed by atoms with Crippen molar-refractivity contribution in [3.8, 4) is 0 Å². The van der Waals surface area contributed by atoms with Crippen molar-refractivity contribution in [2.24, 2.45) is 0 Å². The molecule has 2 rings (SSSR count). The van der Waals surface area contributed by atoms with Gasteiger partial charge in [-0.15, -0.1) is 0 Å². The average Bonchev–Trinajstić information content (AvgIpc) is 2.69. The van der Waals surface area contributed by atoms with Crippen LogP contribution < -0.4 is 5.32 Å². The fourth-order valence-electron chi connectivity index (χ4n) is 1.17. The predicted molar refractivity (Wildman–Crippen MR) is 64.0 cm³/mol. The number of hydrogen-bond acceptors (Lipinski definition) is 4. The number of nitrogens with zero attached hydrogens (tertiary/aromatic N) is 2. The van der Waals surface area contributed by atoms with Gasteiger partial charge in [-0.25, -0.2) is 9.97 Å². The molecule has 15 heavy (non-hydrogen) atoms. The summed E-state index contributed by atoms with van der Waals surface area (Å²) in [7, 11) is 0. The largest absolute Gasteiger partial charge is 0.339 e. The van der Waals surface area contributed by atoms with Crippen molar-refractivity contribution in [3.63, 3.8) is 0 Å². The Hall–Kier alpha value is -1.13. The zero-order valence-electron chi connectivity index (χ0n) is 8.20. The van der Waals surface area contributed by atoms with Crippen molar-refractivity contribution in [2.75, 3.05) is 5.32 Å². The Kier molecular flexibility index (Phi) is 3.18. The third-order valence-electron chi connectivity index (χ3n) is 1.85. The summed E-state index contributed by atoms with van der Waals surface area (Å²) in [4.78, 5) is 8.42. The van der Waals surface area contributed by atoms with Crippen LogP contribution in [0.1, 0.15) is 12.7 Å². The maximum atomic E-state index is 5.88. The van der Waals surface area contributed by atoms with Crippen molar-refractivity contribution in [2.45, 2.75) is 13.3 Å². The zero-order chi connectivity index (χ0) is 10.7. The van der Waals surface area contributed by atoms with Crippen LogP contribution in [-0.2, 0) is 6.42 Å². The number of nitrogens with one attached hydrogen (secondary N) is 1. The molecule has 2 aromatic heterocycles. The maximum absolute atomic E-state index is 5.88. The Morgan fingerprint density at radius 1 is 1.47 bits per heavy atom. The topological polar surface area (TPSA) is 37.8 Å². The fourth-order valence-corrected chi connectivity index (χ4v) is 1.96. The van der Waals surface area contributed by atoms with Gasteiger partial charge in [0.05, 0.1) is 5.69 Å². The molecule has 0 bridgehead atoms. The summed E-state index contributed by atoms with van der Waals surface area (Å²) in [6.07, 6.45) is 0.777. The number of aryl methyl sites for hydroxylation is 1. The lowest BCUT2D eigenvalue weighted by Gasteiger charge is -2.04. The highest BCUT2D eigenvalue weighted by molar-refractivity contribution is 7.08. The van der Waals surface area contributed by atoms with Crippen LogP contribution in [0.2, 0.25) is 5.15 Å². The van der Waals surface area contributed by atoms with E-state index in [9.17, 15) is 0 Å². The van der Waals surface area contributed by atoms with E-state index >= 15 is 0 Å². The Bertz CT molecular complexity index is 442. The second kappa shape index (κ2) is 4.59. The molecule has 0 saturated heterocycles. The van der Waals surface area contributed by atoms with Gasteiger partial charge >= 0.3 is 0 Å². The normalized spacial score (nSPS) is 10.3. The van der Waals surface area contributed by atoms with E-state index in [1.165, 1.54) is 0 Å². The first kappa shape index (κ1) is 10.4. The van der Waals surface area contributed by atoms with Crippen molar-refractivity contribution in [1.82, 2.24) is 9.97 Å². The number of rotatable bonds is 3. The Morgan fingerprint density at radius 3 is 3.00 bits per heavy atom. The molecule has 3 nitrogen and oxygen atoms in total. The highest BCUT2D eigenvalue weighted by Crippen LogP contribution is 2.19. The second-order valence-corrected chi connectivity index (χ2v) is 4.15. The average molecular weight is 240 g/mol. The molecule has 1 N–H and O–H groups in total. The van der Waals surface area contributed by atoms with E-state index < -0.39 is 0 Å². The lowest BCUT2D eigenvalue weighted by atomic mass is 10.4. The molecule has 0 aliphatic heterocycles. The Morgan fingerprint density at radius 2 is 2.33 bits per heavy atom. The van der Waals surface area contributed by atoms with Gasteiger partial charge in [-0.2, -0.15) is 11.3 Å². The monoisotopic (exact) mass is 239 g/mol. The second-order valence-electron chi connectivity index (χ2n) is 2.98. The first-order valence-corrected chi connectivity index (χ1v) is 5.92. The van der Waals surface area contributed by atoms with E-state index in [2.05, 4.69) is 15.3 Å². The van der Waals surface area contributed by atoms with Crippen LogP contribution in [0.25, 0.3) is 0 Å². The molecule has 0 radical (unpaired) electrons. The molecule has 0 aliphatic carbocycles. The number of hydrogen-bond donors (Lipinski definition) is 1. The summed E-state index contributed by atoms with van der Waals surface area (Å²) in [6.45, 7) is 2.00. The van der Waals surface area contributed by atoms with Crippen molar-refractivity contribution in [3.05, 3.63) is 33.9 Å². The molecule has 0 aromatic carbocycles. The van der Waals surface area contributed by atoms with Gasteiger partial charge in [0.1, 0.15) is 16.8 Å². The third-order valence-corrected chi connectivity index (χ3v) is 2.73. The minimum atomic E-state index is 0.472. The molecule has 0 amide bonds. The van der Waals surface area contributed by atoms with Gasteiger partial charge in [0, 0.05) is 17.9 Å². The number of thiophene rings is 1. The Labute approximate surface area is 97.2 Å². The van der Waals surface area contributed by atoms with Crippen LogP contribution >= 0.6 is 22.9 Å². The first-order valence-electron chi connectivity index (χ1n) is 4.60. The highest BCUT2D eigenvalue weighted by atomic mass is 35.5. The van der Waals surface area contributed by atoms with Gasteiger partial charge in [-0.05, 0) is 11.4 Å². The number of anilines is 2. The molecule has 0 saturated carbocycles. The van der Waals surface area contributed by atoms with Crippen molar-refractivity contribution in [1.29, 1.82) is 0 Å². The van der Waals surface area contributed by atoms with Crippen LogP contribution in [0.4, 0.5) is 11.5 Å². The summed E-state index contributed by atoms with van der Waals surface area (Å²) in [5, 5.41) is 7.67. The summed E-state index contributed by atoms with van der Waals surface area (Å²) in [6, 6.07) is 3.71. The minimum Gasteiger partial charge on any atom is -0.339 e. The Balaban J connectivity index is 2.24. The fraction of sp³-hybridized carbons (Fsp3) is 0.200. The van der Waals surface area contributed by atoms with Crippen molar-refractivity contribution < 1.29 is 0 Å². The van der Waals surface area contributed by atoms with Gasteiger partial charge in [-0.1, -0.05) is 18.5 Å². The van der Waals surface area contributed by atoms with Gasteiger partial charge in [0.15, 0.2) is 0 Å². The predicted octanol–water partition coefficient (Wildman–Crippen LogP) is 3.50. The smallest absolute Gasteiger partial charge is 0.135 e. The molecule has 2 heterocycles. The number of halogens is 1. The lowest BCUT2D eigenvalue weighted by Crippen LogP contribution is -1.98. The van der Waals surface area contributed by atoms with E-state index in [0.29, 0.717) is 5.15 Å². The van der Waals surface area contributed by atoms with Crippen LogP contribution in [0.3, 0.4) is 0 Å². The van der Waals surface area contributed by atoms with Crippen LogP contribution in [-0.4, -0.2) is 9.97 Å².